The molecule has 2 aromatic rings. The van der Waals surface area contributed by atoms with Gasteiger partial charge < -0.3 is 14.8 Å². The van der Waals surface area contributed by atoms with E-state index in [1.807, 2.05) is 12.1 Å². The molecule has 1 atom stereocenters. The third kappa shape index (κ3) is 5.78. The molecule has 0 fully saturated rings. The Morgan fingerprint density at radius 3 is 2.00 bits per heavy atom. The number of rotatable bonds is 4. The van der Waals surface area contributed by atoms with Crippen LogP contribution in [0.4, 0.5) is 9.18 Å². The number of para-hydroxylation sites is 1. The number of benzene rings is 2. The van der Waals surface area contributed by atoms with Gasteiger partial charge in [0, 0.05) is 0 Å². The molecule has 1 amide bonds. The van der Waals surface area contributed by atoms with Crippen molar-refractivity contribution in [2.45, 2.75) is 6.04 Å². The Labute approximate surface area is 134 Å². The molecule has 1 N–H and O–H groups in total. The first kappa shape index (κ1) is 18.2. The Balaban J connectivity index is 0.00000127. The zero-order valence-electron chi connectivity index (χ0n) is 12.9. The van der Waals surface area contributed by atoms with Gasteiger partial charge in [-0.3, -0.25) is 4.39 Å². The van der Waals surface area contributed by atoms with Gasteiger partial charge in [-0.1, -0.05) is 48.5 Å². The topological polar surface area (TPSA) is 64.6 Å². The van der Waals surface area contributed by atoms with E-state index < -0.39 is 18.1 Å². The van der Waals surface area contributed by atoms with Crippen LogP contribution in [0.5, 0.6) is 5.75 Å². The van der Waals surface area contributed by atoms with Gasteiger partial charge in [-0.15, -0.1) is 0 Å². The minimum atomic E-state index is -0.910. The SMILES string of the molecule is CF.COC(=O)C(NC(=O)Oc1ccccc1)c1ccccc1. The summed E-state index contributed by atoms with van der Waals surface area (Å²) in [6.45, 7) is 0. The Morgan fingerprint density at radius 2 is 1.48 bits per heavy atom. The van der Waals surface area contributed by atoms with Gasteiger partial charge in [0.2, 0.25) is 0 Å². The van der Waals surface area contributed by atoms with Gasteiger partial charge in [0.15, 0.2) is 6.04 Å². The summed E-state index contributed by atoms with van der Waals surface area (Å²) >= 11 is 0. The van der Waals surface area contributed by atoms with Crippen LogP contribution < -0.4 is 10.1 Å². The van der Waals surface area contributed by atoms with Gasteiger partial charge in [-0.25, -0.2) is 9.59 Å². The normalized spacial score (nSPS) is 10.6. The van der Waals surface area contributed by atoms with Gasteiger partial charge in [0.1, 0.15) is 5.75 Å². The molecule has 0 aliphatic heterocycles. The number of carbonyl (C=O) groups excluding carboxylic acids is 2. The van der Waals surface area contributed by atoms with Crippen LogP contribution in [0.2, 0.25) is 0 Å². The molecule has 2 aromatic carbocycles. The third-order valence-electron chi connectivity index (χ3n) is 2.79. The van der Waals surface area contributed by atoms with Crippen LogP contribution in [0.3, 0.4) is 0 Å². The summed E-state index contributed by atoms with van der Waals surface area (Å²) in [7, 11) is 1.77. The predicted octanol–water partition coefficient (Wildman–Crippen LogP) is 3.28. The highest BCUT2D eigenvalue weighted by atomic mass is 19.1. The summed E-state index contributed by atoms with van der Waals surface area (Å²) in [6, 6.07) is 16.5. The summed E-state index contributed by atoms with van der Waals surface area (Å²) in [5, 5.41) is 2.50. The number of amides is 1. The van der Waals surface area contributed by atoms with E-state index in [-0.39, 0.29) is 0 Å². The van der Waals surface area contributed by atoms with Crippen LogP contribution in [-0.4, -0.2) is 26.3 Å². The zero-order chi connectivity index (χ0) is 17.1. The molecule has 0 heterocycles. The van der Waals surface area contributed by atoms with Crippen molar-refractivity contribution in [2.24, 2.45) is 0 Å². The van der Waals surface area contributed by atoms with Crippen LogP contribution in [-0.2, 0) is 9.53 Å². The van der Waals surface area contributed by atoms with Crippen LogP contribution in [0.25, 0.3) is 0 Å². The minimum absolute atomic E-state index is 0.395. The highest BCUT2D eigenvalue weighted by Crippen LogP contribution is 2.15. The molecule has 122 valence electrons. The summed E-state index contributed by atoms with van der Waals surface area (Å²) in [4.78, 5) is 23.7. The van der Waals surface area contributed by atoms with Gasteiger partial charge in [0.05, 0.1) is 14.3 Å². The van der Waals surface area contributed by atoms with Crippen molar-refractivity contribution in [2.75, 3.05) is 14.3 Å². The number of nitrogens with one attached hydrogen (secondary N) is 1. The van der Waals surface area contributed by atoms with Crippen molar-refractivity contribution in [1.82, 2.24) is 5.32 Å². The van der Waals surface area contributed by atoms with Gasteiger partial charge >= 0.3 is 12.1 Å². The molecule has 0 bridgehead atoms. The molecule has 0 radical (unpaired) electrons. The van der Waals surface area contributed by atoms with E-state index in [0.717, 1.165) is 0 Å². The average Bonchev–Trinajstić information content (AvgIpc) is 2.62. The second-order valence-corrected chi connectivity index (χ2v) is 4.21. The molecule has 5 nitrogen and oxygen atoms in total. The number of halogens is 1. The van der Waals surface area contributed by atoms with E-state index in [1.54, 1.807) is 48.5 Å². The summed E-state index contributed by atoms with van der Waals surface area (Å²) < 4.78 is 19.3. The van der Waals surface area contributed by atoms with Crippen LogP contribution in [0, 0.1) is 0 Å². The van der Waals surface area contributed by atoms with Crippen molar-refractivity contribution < 1.29 is 23.5 Å². The number of esters is 1. The minimum Gasteiger partial charge on any atom is -0.467 e. The van der Waals surface area contributed by atoms with Gasteiger partial charge in [-0.05, 0) is 17.7 Å². The maximum absolute atomic E-state index is 11.9. The van der Waals surface area contributed by atoms with E-state index in [0.29, 0.717) is 18.5 Å². The molecule has 0 spiro atoms. The van der Waals surface area contributed by atoms with Crippen LogP contribution >= 0.6 is 0 Å². The average molecular weight is 319 g/mol. The standard InChI is InChI=1S/C16H15NO4.CH3F/c1-20-15(18)14(12-8-4-2-5-9-12)17-16(19)21-13-10-6-3-7-11-13;1-2/h2-11,14H,1H3,(H,17,19);1H3. The second kappa shape index (κ2) is 9.94. The largest absolute Gasteiger partial charge is 0.467 e. The van der Waals surface area contributed by atoms with Crippen molar-refractivity contribution in [3.8, 4) is 5.75 Å². The lowest BCUT2D eigenvalue weighted by Gasteiger charge is -2.16. The molecule has 0 aliphatic rings. The lowest BCUT2D eigenvalue weighted by molar-refractivity contribution is -0.143. The Morgan fingerprint density at radius 1 is 0.957 bits per heavy atom. The summed E-state index contributed by atoms with van der Waals surface area (Å²) in [6.07, 6.45) is -0.722. The van der Waals surface area contributed by atoms with E-state index in [4.69, 9.17) is 9.47 Å². The van der Waals surface area contributed by atoms with Crippen LogP contribution in [0.1, 0.15) is 11.6 Å². The summed E-state index contributed by atoms with van der Waals surface area (Å²) in [5.41, 5.74) is 0.620. The second-order valence-electron chi connectivity index (χ2n) is 4.21. The maximum atomic E-state index is 11.9. The predicted molar refractivity (Wildman–Crippen MR) is 83.8 cm³/mol. The highest BCUT2D eigenvalue weighted by Gasteiger charge is 2.24. The van der Waals surface area contributed by atoms with Crippen molar-refractivity contribution >= 4 is 12.1 Å². The fourth-order valence-corrected chi connectivity index (χ4v) is 1.78. The summed E-state index contributed by atoms with van der Waals surface area (Å²) in [5.74, 6) is -0.169. The molecule has 0 saturated carbocycles. The Kier molecular flexibility index (Phi) is 7.85. The van der Waals surface area contributed by atoms with Crippen molar-refractivity contribution in [1.29, 1.82) is 0 Å². The number of carbonyl (C=O) groups is 2. The molecule has 6 heteroatoms. The quantitative estimate of drug-likeness (QED) is 0.878. The van der Waals surface area contributed by atoms with Gasteiger partial charge in [0.25, 0.3) is 0 Å². The van der Waals surface area contributed by atoms with E-state index >= 15 is 0 Å². The highest BCUT2D eigenvalue weighted by molar-refractivity contribution is 5.83. The first-order valence-corrected chi connectivity index (χ1v) is 6.74. The van der Waals surface area contributed by atoms with Crippen molar-refractivity contribution in [3.05, 3.63) is 66.2 Å². The number of hydrogen-bond donors (Lipinski definition) is 1. The fraction of sp³-hybridized carbons (Fsp3) is 0.176. The molecule has 0 aliphatic carbocycles. The molecule has 2 rings (SSSR count). The van der Waals surface area contributed by atoms with E-state index in [9.17, 15) is 14.0 Å². The third-order valence-corrected chi connectivity index (χ3v) is 2.79. The number of alkyl halides is 1. The Bertz CT molecular complexity index is 605. The van der Waals surface area contributed by atoms with E-state index in [2.05, 4.69) is 5.32 Å². The molecule has 1 unspecified atom stereocenters. The first-order valence-electron chi connectivity index (χ1n) is 6.74. The lowest BCUT2D eigenvalue weighted by Crippen LogP contribution is -2.36. The molecule has 0 saturated heterocycles. The fourth-order valence-electron chi connectivity index (χ4n) is 1.78. The number of ether oxygens (including phenoxy) is 2. The lowest BCUT2D eigenvalue weighted by atomic mass is 10.1. The molecular formula is C17H18FNO4. The van der Waals surface area contributed by atoms with Gasteiger partial charge in [-0.2, -0.15) is 0 Å². The van der Waals surface area contributed by atoms with Crippen molar-refractivity contribution in [3.63, 3.8) is 0 Å². The van der Waals surface area contributed by atoms with Crippen LogP contribution in [0.15, 0.2) is 60.7 Å². The number of hydrogen-bond acceptors (Lipinski definition) is 4. The first-order chi connectivity index (χ1) is 11.2. The molecular weight excluding hydrogens is 301 g/mol. The molecule has 23 heavy (non-hydrogen) atoms. The zero-order valence-corrected chi connectivity index (χ0v) is 12.9. The van der Waals surface area contributed by atoms with E-state index in [1.165, 1.54) is 7.11 Å². The smallest absolute Gasteiger partial charge is 0.413 e. The Hall–Kier alpha value is -2.89. The maximum Gasteiger partial charge on any atom is 0.413 e. The molecule has 0 aromatic heterocycles. The number of methoxy groups -OCH3 is 1. The monoisotopic (exact) mass is 319 g/mol.